The monoisotopic (exact) mass is 512 g/mol. The summed E-state index contributed by atoms with van der Waals surface area (Å²) in [5, 5.41) is 0.415. The highest BCUT2D eigenvalue weighted by molar-refractivity contribution is 9.10. The van der Waals surface area contributed by atoms with Crippen molar-refractivity contribution in [2.45, 2.75) is 19.9 Å². The molecule has 0 N–H and O–H groups in total. The average molecular weight is 513 g/mol. The Kier molecular flexibility index (Phi) is 6.67. The Balaban J connectivity index is 1.85. The van der Waals surface area contributed by atoms with E-state index in [0.717, 1.165) is 23.1 Å². The van der Waals surface area contributed by atoms with Gasteiger partial charge in [0.25, 0.3) is 5.91 Å². The summed E-state index contributed by atoms with van der Waals surface area (Å²) in [4.78, 5) is 42.8. The van der Waals surface area contributed by atoms with Crippen molar-refractivity contribution < 1.29 is 18.7 Å². The van der Waals surface area contributed by atoms with E-state index in [9.17, 15) is 14.4 Å². The standard InChI is InChI=1S/C25H25BrN2O5/c1-4-27(5-2)12-13-28-21(15-6-8-16(9-7-15)25(31)32-3)20-22(29)18-14-17(26)10-11-19(18)33-23(20)24(28)30/h6-11,14,21H,4-5,12-13H2,1-3H3/t21-/m0/s1. The van der Waals surface area contributed by atoms with Crippen molar-refractivity contribution in [1.82, 2.24) is 9.80 Å². The topological polar surface area (TPSA) is 80.1 Å². The lowest BCUT2D eigenvalue weighted by Gasteiger charge is -2.28. The Morgan fingerprint density at radius 1 is 1.12 bits per heavy atom. The van der Waals surface area contributed by atoms with Gasteiger partial charge in [0.1, 0.15) is 5.58 Å². The van der Waals surface area contributed by atoms with Gasteiger partial charge < -0.3 is 19.0 Å². The number of likely N-dealkylation sites (N-methyl/N-ethyl adjacent to an activating group) is 1. The first-order chi connectivity index (χ1) is 15.9. The second-order valence-electron chi connectivity index (χ2n) is 7.86. The lowest BCUT2D eigenvalue weighted by atomic mass is 9.97. The van der Waals surface area contributed by atoms with E-state index in [1.165, 1.54) is 7.11 Å². The molecule has 0 bridgehead atoms. The smallest absolute Gasteiger partial charge is 0.337 e. The van der Waals surface area contributed by atoms with Gasteiger partial charge in [-0.15, -0.1) is 0 Å². The lowest BCUT2D eigenvalue weighted by molar-refractivity contribution is 0.0599. The van der Waals surface area contributed by atoms with Gasteiger partial charge in [0.2, 0.25) is 5.76 Å². The number of methoxy groups -OCH3 is 1. The van der Waals surface area contributed by atoms with Gasteiger partial charge in [-0.3, -0.25) is 9.59 Å². The van der Waals surface area contributed by atoms with Crippen molar-refractivity contribution >= 4 is 38.8 Å². The molecular weight excluding hydrogens is 488 g/mol. The molecule has 2 heterocycles. The molecule has 0 aliphatic carbocycles. The Hall–Kier alpha value is -2.97. The van der Waals surface area contributed by atoms with Crippen LogP contribution in [0.5, 0.6) is 0 Å². The van der Waals surface area contributed by atoms with Crippen LogP contribution in [0.4, 0.5) is 0 Å². The summed E-state index contributed by atoms with van der Waals surface area (Å²) in [5.41, 5.74) is 1.61. The molecule has 33 heavy (non-hydrogen) atoms. The minimum Gasteiger partial charge on any atom is -0.465 e. The molecule has 1 aliphatic rings. The fourth-order valence-corrected chi connectivity index (χ4v) is 4.64. The zero-order valence-corrected chi connectivity index (χ0v) is 20.3. The van der Waals surface area contributed by atoms with Crippen LogP contribution >= 0.6 is 15.9 Å². The second kappa shape index (κ2) is 9.49. The normalized spacial score (nSPS) is 15.4. The molecule has 8 heteroatoms. The Morgan fingerprint density at radius 2 is 1.82 bits per heavy atom. The van der Waals surface area contributed by atoms with Crippen LogP contribution in [0.2, 0.25) is 0 Å². The zero-order chi connectivity index (χ0) is 23.7. The van der Waals surface area contributed by atoms with Gasteiger partial charge in [0.15, 0.2) is 5.43 Å². The molecule has 4 rings (SSSR count). The number of benzene rings is 2. The first-order valence-electron chi connectivity index (χ1n) is 10.9. The van der Waals surface area contributed by atoms with Gasteiger partial charge in [-0.05, 0) is 49.0 Å². The number of carbonyl (C=O) groups is 2. The maximum Gasteiger partial charge on any atom is 0.337 e. The molecule has 2 aromatic carbocycles. The molecule has 7 nitrogen and oxygen atoms in total. The van der Waals surface area contributed by atoms with Crippen molar-refractivity contribution in [2.75, 3.05) is 33.3 Å². The predicted molar refractivity (Wildman–Crippen MR) is 129 cm³/mol. The van der Waals surface area contributed by atoms with E-state index in [1.54, 1.807) is 47.4 Å². The molecule has 1 aliphatic heterocycles. The highest BCUT2D eigenvalue weighted by Gasteiger charge is 2.42. The van der Waals surface area contributed by atoms with Crippen LogP contribution in [0.1, 0.15) is 51.9 Å². The van der Waals surface area contributed by atoms with Gasteiger partial charge in [0, 0.05) is 17.6 Å². The van der Waals surface area contributed by atoms with Gasteiger partial charge >= 0.3 is 5.97 Å². The summed E-state index contributed by atoms with van der Waals surface area (Å²) < 4.78 is 11.5. The number of halogens is 1. The van der Waals surface area contributed by atoms with E-state index in [4.69, 9.17) is 9.15 Å². The first kappa shape index (κ1) is 23.2. The summed E-state index contributed by atoms with van der Waals surface area (Å²) >= 11 is 3.41. The highest BCUT2D eigenvalue weighted by atomic mass is 79.9. The third kappa shape index (κ3) is 4.20. The van der Waals surface area contributed by atoms with Crippen molar-refractivity contribution in [2.24, 2.45) is 0 Å². The number of hydrogen-bond acceptors (Lipinski definition) is 6. The molecule has 1 amide bonds. The maximum absolute atomic E-state index is 13.6. The number of amides is 1. The molecule has 0 spiro atoms. The van der Waals surface area contributed by atoms with Crippen LogP contribution in [0.15, 0.2) is 56.1 Å². The van der Waals surface area contributed by atoms with Crippen LogP contribution < -0.4 is 5.43 Å². The predicted octanol–water partition coefficient (Wildman–Crippen LogP) is 4.23. The van der Waals surface area contributed by atoms with Crippen molar-refractivity contribution in [3.05, 3.63) is 79.6 Å². The summed E-state index contributed by atoms with van der Waals surface area (Å²) in [6, 6.07) is 11.4. The van der Waals surface area contributed by atoms with Gasteiger partial charge in [-0.2, -0.15) is 0 Å². The minimum atomic E-state index is -0.602. The average Bonchev–Trinajstić information content (AvgIpc) is 3.11. The second-order valence-corrected chi connectivity index (χ2v) is 8.77. The first-order valence-corrected chi connectivity index (χ1v) is 11.7. The molecule has 0 radical (unpaired) electrons. The van der Waals surface area contributed by atoms with Crippen molar-refractivity contribution in [3.63, 3.8) is 0 Å². The highest BCUT2D eigenvalue weighted by Crippen LogP contribution is 2.38. The van der Waals surface area contributed by atoms with E-state index >= 15 is 0 Å². The number of ether oxygens (including phenoxy) is 1. The Morgan fingerprint density at radius 3 is 2.45 bits per heavy atom. The number of fused-ring (bicyclic) bond motifs is 2. The summed E-state index contributed by atoms with van der Waals surface area (Å²) in [7, 11) is 1.32. The molecule has 0 fully saturated rings. The summed E-state index contributed by atoms with van der Waals surface area (Å²) in [5.74, 6) is -0.671. The largest absolute Gasteiger partial charge is 0.465 e. The van der Waals surface area contributed by atoms with E-state index in [0.29, 0.717) is 35.2 Å². The molecule has 0 unspecified atom stereocenters. The SMILES string of the molecule is CCN(CC)CCN1C(=O)c2oc3ccc(Br)cc3c(=O)c2[C@@H]1c1ccc(C(=O)OC)cc1. The van der Waals surface area contributed by atoms with Gasteiger partial charge in [-0.1, -0.05) is 41.9 Å². The van der Waals surface area contributed by atoms with Crippen molar-refractivity contribution in [1.29, 1.82) is 0 Å². The van der Waals surface area contributed by atoms with Crippen LogP contribution in [0, 0.1) is 0 Å². The molecular formula is C25H25BrN2O5. The number of nitrogens with zero attached hydrogens (tertiary/aromatic N) is 2. The molecule has 1 aromatic heterocycles. The molecule has 0 saturated carbocycles. The fourth-order valence-electron chi connectivity index (χ4n) is 4.28. The Labute approximate surface area is 200 Å². The number of carbonyl (C=O) groups excluding carboxylic acids is 2. The zero-order valence-electron chi connectivity index (χ0n) is 18.8. The number of esters is 1. The fraction of sp³-hybridized carbons (Fsp3) is 0.320. The third-order valence-electron chi connectivity index (χ3n) is 6.13. The lowest BCUT2D eigenvalue weighted by Crippen LogP contribution is -2.37. The molecule has 1 atom stereocenters. The van der Waals surface area contributed by atoms with E-state index < -0.39 is 12.0 Å². The summed E-state index contributed by atoms with van der Waals surface area (Å²) in [6.45, 7) is 6.97. The van der Waals surface area contributed by atoms with E-state index in [1.807, 2.05) is 0 Å². The summed E-state index contributed by atoms with van der Waals surface area (Å²) in [6.07, 6.45) is 0. The van der Waals surface area contributed by atoms with Gasteiger partial charge in [0.05, 0.1) is 29.7 Å². The molecule has 3 aromatic rings. The third-order valence-corrected chi connectivity index (χ3v) is 6.62. The van der Waals surface area contributed by atoms with Crippen LogP contribution in [-0.2, 0) is 4.74 Å². The van der Waals surface area contributed by atoms with Crippen LogP contribution in [0.25, 0.3) is 11.0 Å². The van der Waals surface area contributed by atoms with E-state index in [2.05, 4.69) is 34.7 Å². The number of hydrogen-bond donors (Lipinski definition) is 0. The van der Waals surface area contributed by atoms with Crippen LogP contribution in [0.3, 0.4) is 0 Å². The molecule has 0 saturated heterocycles. The maximum atomic E-state index is 13.6. The number of rotatable bonds is 7. The molecule has 172 valence electrons. The Bertz CT molecular complexity index is 1260. The van der Waals surface area contributed by atoms with Crippen molar-refractivity contribution in [3.8, 4) is 0 Å². The van der Waals surface area contributed by atoms with E-state index in [-0.39, 0.29) is 17.1 Å². The van der Waals surface area contributed by atoms with Crippen LogP contribution in [-0.4, -0.2) is 55.0 Å². The minimum absolute atomic E-state index is 0.0800. The van der Waals surface area contributed by atoms with Gasteiger partial charge in [-0.25, -0.2) is 4.79 Å². The quantitative estimate of drug-likeness (QED) is 0.440.